The number of hydrogen-bond acceptors (Lipinski definition) is 4. The van der Waals surface area contributed by atoms with Crippen LogP contribution in [0.2, 0.25) is 0 Å². The molecule has 0 amide bonds. The molecule has 0 radical (unpaired) electrons. The molecule has 2 atom stereocenters. The van der Waals surface area contributed by atoms with Gasteiger partial charge in [0.15, 0.2) is 0 Å². The van der Waals surface area contributed by atoms with Crippen LogP contribution in [-0.2, 0) is 0 Å². The molecule has 1 saturated carbocycles. The van der Waals surface area contributed by atoms with Gasteiger partial charge >= 0.3 is 0 Å². The molecular weight excluding hydrogens is 200 g/mol. The molecule has 0 aromatic heterocycles. The third-order valence-corrected chi connectivity index (χ3v) is 4.42. The first-order valence-electron chi connectivity index (χ1n) is 6.49. The van der Waals surface area contributed by atoms with Crippen LogP contribution in [0.5, 0.6) is 0 Å². The van der Waals surface area contributed by atoms with Gasteiger partial charge in [-0.05, 0) is 43.9 Å². The Balaban J connectivity index is 2.67. The van der Waals surface area contributed by atoms with E-state index in [1.807, 2.05) is 13.8 Å². The monoisotopic (exact) mass is 228 g/mol. The van der Waals surface area contributed by atoms with E-state index in [0.717, 1.165) is 38.5 Å². The fourth-order valence-electron chi connectivity index (χ4n) is 2.74. The fourth-order valence-corrected chi connectivity index (χ4v) is 2.74. The highest BCUT2D eigenvalue weighted by Gasteiger charge is 2.39. The van der Waals surface area contributed by atoms with Crippen molar-refractivity contribution in [2.45, 2.75) is 63.7 Å². The normalized spacial score (nSPS) is 28.1. The van der Waals surface area contributed by atoms with Crippen molar-refractivity contribution in [3.63, 3.8) is 0 Å². The van der Waals surface area contributed by atoms with Crippen LogP contribution in [0.4, 0.5) is 0 Å². The van der Waals surface area contributed by atoms with Gasteiger partial charge in [-0.3, -0.25) is 0 Å². The van der Waals surface area contributed by atoms with Gasteiger partial charge in [0, 0.05) is 0 Å². The van der Waals surface area contributed by atoms with Crippen LogP contribution < -0.4 is 22.9 Å². The lowest BCUT2D eigenvalue weighted by Gasteiger charge is -2.43. The molecule has 1 rings (SSSR count). The molecule has 4 nitrogen and oxygen atoms in total. The zero-order chi connectivity index (χ0) is 12.4. The fraction of sp³-hybridized carbons (Fsp3) is 1.00. The number of nitrogens with two attached hydrogens (primary N) is 4. The van der Waals surface area contributed by atoms with Gasteiger partial charge in [-0.15, -0.1) is 0 Å². The Kier molecular flexibility index (Phi) is 4.35. The van der Waals surface area contributed by atoms with E-state index in [-0.39, 0.29) is 0 Å². The average Bonchev–Trinajstić information content (AvgIpc) is 2.29. The minimum Gasteiger partial charge on any atom is -0.313 e. The summed E-state index contributed by atoms with van der Waals surface area (Å²) in [5, 5.41) is 0. The highest BCUT2D eigenvalue weighted by Crippen LogP contribution is 2.37. The third-order valence-electron chi connectivity index (χ3n) is 4.42. The highest BCUT2D eigenvalue weighted by molar-refractivity contribution is 4.94. The molecule has 1 fully saturated rings. The largest absolute Gasteiger partial charge is 0.313 e. The first-order valence-corrected chi connectivity index (χ1v) is 6.49. The van der Waals surface area contributed by atoms with Crippen LogP contribution in [0, 0.1) is 11.8 Å². The van der Waals surface area contributed by atoms with Gasteiger partial charge in [0.2, 0.25) is 0 Å². The van der Waals surface area contributed by atoms with Gasteiger partial charge in [0.25, 0.3) is 0 Å². The topological polar surface area (TPSA) is 104 Å². The van der Waals surface area contributed by atoms with Crippen LogP contribution in [0.25, 0.3) is 0 Å². The Morgan fingerprint density at radius 2 is 1.25 bits per heavy atom. The molecule has 0 aromatic rings. The van der Waals surface area contributed by atoms with E-state index in [1.54, 1.807) is 0 Å². The van der Waals surface area contributed by atoms with E-state index >= 15 is 0 Å². The van der Waals surface area contributed by atoms with E-state index in [9.17, 15) is 0 Å². The molecule has 0 aliphatic heterocycles. The zero-order valence-electron chi connectivity index (χ0n) is 10.7. The van der Waals surface area contributed by atoms with Crippen molar-refractivity contribution in [3.8, 4) is 0 Å². The number of hydrogen-bond donors (Lipinski definition) is 4. The maximum atomic E-state index is 6.13. The molecule has 0 heterocycles. The van der Waals surface area contributed by atoms with E-state index in [0.29, 0.717) is 11.8 Å². The predicted octanol–water partition coefficient (Wildman–Crippen LogP) is 0.840. The summed E-state index contributed by atoms with van der Waals surface area (Å²) in [5.74, 6) is 0.712. The van der Waals surface area contributed by atoms with E-state index < -0.39 is 11.3 Å². The van der Waals surface area contributed by atoms with Crippen molar-refractivity contribution >= 4 is 0 Å². The molecular formula is C12H28N4. The predicted molar refractivity (Wildman–Crippen MR) is 68.2 cm³/mol. The molecule has 4 heteroatoms. The second kappa shape index (κ2) is 5.00. The number of rotatable bonds is 4. The highest BCUT2D eigenvalue weighted by atomic mass is 15.0. The summed E-state index contributed by atoms with van der Waals surface area (Å²) in [4.78, 5) is 0. The minimum atomic E-state index is -0.553. The van der Waals surface area contributed by atoms with Crippen molar-refractivity contribution in [2.24, 2.45) is 34.8 Å². The maximum absolute atomic E-state index is 6.13. The molecule has 16 heavy (non-hydrogen) atoms. The summed E-state index contributed by atoms with van der Waals surface area (Å²) in [5.41, 5.74) is 23.4. The van der Waals surface area contributed by atoms with E-state index in [2.05, 4.69) is 0 Å². The van der Waals surface area contributed by atoms with Gasteiger partial charge in [0.05, 0.1) is 11.3 Å². The van der Waals surface area contributed by atoms with Crippen molar-refractivity contribution in [2.75, 3.05) is 0 Å². The average molecular weight is 228 g/mol. The molecule has 0 bridgehead atoms. The summed E-state index contributed by atoms with van der Waals surface area (Å²) >= 11 is 0. The first kappa shape index (κ1) is 13.9. The van der Waals surface area contributed by atoms with Crippen LogP contribution >= 0.6 is 0 Å². The lowest BCUT2D eigenvalue weighted by Crippen LogP contribution is -2.60. The van der Waals surface area contributed by atoms with Gasteiger partial charge in [-0.1, -0.05) is 20.3 Å². The SMILES string of the molecule is CCC(N)(N)C1CCCC(C(N)(N)CC)C1. The van der Waals surface area contributed by atoms with Crippen molar-refractivity contribution < 1.29 is 0 Å². The minimum absolute atomic E-state index is 0.356. The van der Waals surface area contributed by atoms with Crippen molar-refractivity contribution in [1.29, 1.82) is 0 Å². The molecule has 96 valence electrons. The Hall–Kier alpha value is -0.160. The summed E-state index contributed by atoms with van der Waals surface area (Å²) < 4.78 is 0. The Morgan fingerprint density at radius 3 is 1.56 bits per heavy atom. The zero-order valence-corrected chi connectivity index (χ0v) is 10.7. The van der Waals surface area contributed by atoms with Gasteiger partial charge < -0.3 is 22.9 Å². The smallest absolute Gasteiger partial charge is 0.0663 e. The van der Waals surface area contributed by atoms with Gasteiger partial charge in [-0.2, -0.15) is 0 Å². The third kappa shape index (κ3) is 2.94. The lowest BCUT2D eigenvalue weighted by molar-refractivity contribution is 0.112. The molecule has 0 saturated heterocycles. The standard InChI is InChI=1S/C12H28N4/c1-3-11(13,14)9-6-5-7-10(8-9)12(15,16)4-2/h9-10H,3-8,13-16H2,1-2H3. The van der Waals surface area contributed by atoms with E-state index in [1.165, 1.54) is 0 Å². The molecule has 1 aliphatic rings. The second-order valence-electron chi connectivity index (χ2n) is 5.49. The van der Waals surface area contributed by atoms with Gasteiger partial charge in [0.1, 0.15) is 0 Å². The Morgan fingerprint density at radius 1 is 0.875 bits per heavy atom. The summed E-state index contributed by atoms with van der Waals surface area (Å²) in [6.45, 7) is 4.09. The van der Waals surface area contributed by atoms with Crippen LogP contribution in [0.1, 0.15) is 52.4 Å². The van der Waals surface area contributed by atoms with Crippen molar-refractivity contribution in [3.05, 3.63) is 0 Å². The molecule has 2 unspecified atom stereocenters. The first-order chi connectivity index (χ1) is 7.33. The van der Waals surface area contributed by atoms with Gasteiger partial charge in [-0.25, -0.2) is 0 Å². The summed E-state index contributed by atoms with van der Waals surface area (Å²) in [7, 11) is 0. The Labute approximate surface area is 99.1 Å². The van der Waals surface area contributed by atoms with Crippen LogP contribution in [-0.4, -0.2) is 11.3 Å². The molecule has 0 aromatic carbocycles. The molecule has 0 spiro atoms. The van der Waals surface area contributed by atoms with E-state index in [4.69, 9.17) is 22.9 Å². The summed E-state index contributed by atoms with van der Waals surface area (Å²) in [6.07, 6.45) is 5.94. The lowest BCUT2D eigenvalue weighted by atomic mass is 9.70. The Bertz CT molecular complexity index is 203. The summed E-state index contributed by atoms with van der Waals surface area (Å²) in [6, 6.07) is 0. The van der Waals surface area contributed by atoms with Crippen molar-refractivity contribution in [1.82, 2.24) is 0 Å². The quantitative estimate of drug-likeness (QED) is 0.535. The molecule has 1 aliphatic carbocycles. The molecule has 8 N–H and O–H groups in total. The second-order valence-corrected chi connectivity index (χ2v) is 5.49. The maximum Gasteiger partial charge on any atom is 0.0663 e. The van der Waals surface area contributed by atoms with Crippen LogP contribution in [0.15, 0.2) is 0 Å². The van der Waals surface area contributed by atoms with Crippen LogP contribution in [0.3, 0.4) is 0 Å².